The molecule has 0 aliphatic heterocycles. The quantitative estimate of drug-likeness (QED) is 0.825. The van der Waals surface area contributed by atoms with Crippen molar-refractivity contribution in [3.63, 3.8) is 0 Å². The molecule has 0 radical (unpaired) electrons. The first-order valence-corrected chi connectivity index (χ1v) is 7.08. The largest absolute Gasteiger partial charge is 0.508 e. The topological polar surface area (TPSA) is 58.6 Å². The second-order valence-electron chi connectivity index (χ2n) is 5.08. The first-order chi connectivity index (χ1) is 10.5. The third kappa shape index (κ3) is 4.66. The second kappa shape index (κ2) is 7.31. The number of anilines is 1. The number of ether oxygens (including phenoxy) is 1. The van der Waals surface area contributed by atoms with Crippen LogP contribution in [0, 0.1) is 0 Å². The Morgan fingerprint density at radius 3 is 2.50 bits per heavy atom. The minimum Gasteiger partial charge on any atom is -0.508 e. The molecule has 2 aromatic rings. The first kappa shape index (κ1) is 15.6. The van der Waals surface area contributed by atoms with Crippen LogP contribution >= 0.6 is 0 Å². The lowest BCUT2D eigenvalue weighted by Gasteiger charge is -2.14. The lowest BCUT2D eigenvalue weighted by Crippen LogP contribution is -2.12. The molecule has 0 fully saturated rings. The highest BCUT2D eigenvalue weighted by atomic mass is 16.5. The Morgan fingerprint density at radius 1 is 1.14 bits per heavy atom. The number of carbonyl (C=O) groups excluding carboxylic acids is 1. The van der Waals surface area contributed by atoms with Crippen molar-refractivity contribution in [2.75, 3.05) is 5.32 Å². The van der Waals surface area contributed by atoms with E-state index >= 15 is 0 Å². The van der Waals surface area contributed by atoms with Gasteiger partial charge < -0.3 is 15.2 Å². The van der Waals surface area contributed by atoms with Gasteiger partial charge in [0, 0.05) is 6.08 Å². The zero-order valence-corrected chi connectivity index (χ0v) is 12.6. The van der Waals surface area contributed by atoms with Crippen molar-refractivity contribution < 1.29 is 14.6 Å². The van der Waals surface area contributed by atoms with Crippen molar-refractivity contribution in [3.05, 3.63) is 60.2 Å². The smallest absolute Gasteiger partial charge is 0.248 e. The van der Waals surface area contributed by atoms with Gasteiger partial charge in [0.2, 0.25) is 5.91 Å². The van der Waals surface area contributed by atoms with Crippen LogP contribution in [0.3, 0.4) is 0 Å². The third-order valence-electron chi connectivity index (χ3n) is 2.83. The van der Waals surface area contributed by atoms with E-state index in [2.05, 4.69) is 5.32 Å². The van der Waals surface area contributed by atoms with Gasteiger partial charge in [-0.25, -0.2) is 0 Å². The van der Waals surface area contributed by atoms with Gasteiger partial charge in [-0.1, -0.05) is 24.3 Å². The van der Waals surface area contributed by atoms with Crippen LogP contribution in [-0.2, 0) is 4.79 Å². The molecule has 22 heavy (non-hydrogen) atoms. The number of nitrogens with one attached hydrogen (secondary N) is 1. The van der Waals surface area contributed by atoms with E-state index in [4.69, 9.17) is 4.74 Å². The molecule has 0 atom stereocenters. The van der Waals surface area contributed by atoms with Crippen LogP contribution in [-0.4, -0.2) is 17.1 Å². The zero-order chi connectivity index (χ0) is 15.9. The van der Waals surface area contributed by atoms with E-state index in [-0.39, 0.29) is 17.8 Å². The Hall–Kier alpha value is -2.75. The van der Waals surface area contributed by atoms with Crippen LogP contribution in [0.25, 0.3) is 6.08 Å². The van der Waals surface area contributed by atoms with Gasteiger partial charge in [0.25, 0.3) is 0 Å². The van der Waals surface area contributed by atoms with Crippen LogP contribution in [0.1, 0.15) is 19.4 Å². The molecule has 0 aliphatic rings. The van der Waals surface area contributed by atoms with Crippen LogP contribution in [0.2, 0.25) is 0 Å². The Labute approximate surface area is 130 Å². The number of amides is 1. The van der Waals surface area contributed by atoms with E-state index in [1.54, 1.807) is 36.4 Å². The van der Waals surface area contributed by atoms with Gasteiger partial charge in [-0.05, 0) is 49.8 Å². The van der Waals surface area contributed by atoms with Gasteiger partial charge in [-0.2, -0.15) is 0 Å². The highest BCUT2D eigenvalue weighted by molar-refractivity contribution is 6.02. The van der Waals surface area contributed by atoms with E-state index in [1.165, 1.54) is 6.08 Å². The fourth-order valence-electron chi connectivity index (χ4n) is 1.86. The number of hydrogen-bond acceptors (Lipinski definition) is 3. The van der Waals surface area contributed by atoms with Crippen LogP contribution < -0.4 is 10.1 Å². The number of phenols is 1. The predicted octanol–water partition coefficient (Wildman–Crippen LogP) is 3.83. The lowest BCUT2D eigenvalue weighted by atomic mass is 10.2. The minimum absolute atomic E-state index is 0.0330. The number of aromatic hydroxyl groups is 1. The molecular weight excluding hydrogens is 278 g/mol. The van der Waals surface area contributed by atoms with Gasteiger partial charge in [-0.3, -0.25) is 4.79 Å². The van der Waals surface area contributed by atoms with E-state index in [1.807, 2.05) is 32.0 Å². The van der Waals surface area contributed by atoms with Crippen molar-refractivity contribution in [1.82, 2.24) is 0 Å². The van der Waals surface area contributed by atoms with Gasteiger partial charge in [0.1, 0.15) is 11.5 Å². The Balaban J connectivity index is 2.04. The molecule has 4 nitrogen and oxygen atoms in total. The number of hydrogen-bond donors (Lipinski definition) is 2. The monoisotopic (exact) mass is 297 g/mol. The van der Waals surface area contributed by atoms with Crippen molar-refractivity contribution in [2.24, 2.45) is 0 Å². The van der Waals surface area contributed by atoms with Crippen LogP contribution in [0.4, 0.5) is 5.69 Å². The van der Waals surface area contributed by atoms with Crippen molar-refractivity contribution in [3.8, 4) is 11.5 Å². The van der Waals surface area contributed by atoms with Gasteiger partial charge in [0.05, 0.1) is 11.8 Å². The van der Waals surface area contributed by atoms with E-state index in [0.29, 0.717) is 11.4 Å². The van der Waals surface area contributed by atoms with Crippen molar-refractivity contribution in [1.29, 1.82) is 0 Å². The Kier molecular flexibility index (Phi) is 5.20. The predicted molar refractivity (Wildman–Crippen MR) is 88.0 cm³/mol. The van der Waals surface area contributed by atoms with Crippen LogP contribution in [0.5, 0.6) is 11.5 Å². The van der Waals surface area contributed by atoms with Crippen LogP contribution in [0.15, 0.2) is 54.6 Å². The molecule has 0 heterocycles. The molecule has 4 heteroatoms. The maximum Gasteiger partial charge on any atom is 0.248 e. The molecule has 0 saturated heterocycles. The average molecular weight is 297 g/mol. The van der Waals surface area contributed by atoms with E-state index in [9.17, 15) is 9.90 Å². The summed E-state index contributed by atoms with van der Waals surface area (Å²) in [6, 6.07) is 13.9. The summed E-state index contributed by atoms with van der Waals surface area (Å²) in [6.07, 6.45) is 3.16. The molecular formula is C18H19NO3. The summed E-state index contributed by atoms with van der Waals surface area (Å²) in [6.45, 7) is 3.87. The first-order valence-electron chi connectivity index (χ1n) is 7.08. The highest BCUT2D eigenvalue weighted by Gasteiger charge is 2.06. The lowest BCUT2D eigenvalue weighted by molar-refractivity contribution is -0.111. The summed E-state index contributed by atoms with van der Waals surface area (Å²) in [5.74, 6) is 0.595. The molecule has 114 valence electrons. The normalized spacial score (nSPS) is 10.9. The number of carbonyl (C=O) groups is 1. The molecule has 0 saturated carbocycles. The maximum absolute atomic E-state index is 12.0. The average Bonchev–Trinajstić information content (AvgIpc) is 2.48. The SMILES string of the molecule is CC(C)Oc1ccccc1NC(=O)/C=C/c1ccc(O)cc1. The van der Waals surface area contributed by atoms with E-state index < -0.39 is 0 Å². The summed E-state index contributed by atoms with van der Waals surface area (Å²) < 4.78 is 5.66. The number of rotatable bonds is 5. The standard InChI is InChI=1S/C18H19NO3/c1-13(2)22-17-6-4-3-5-16(17)19-18(21)12-9-14-7-10-15(20)11-8-14/h3-13,20H,1-2H3,(H,19,21)/b12-9+. The number of benzene rings is 2. The molecule has 0 bridgehead atoms. The minimum atomic E-state index is -0.243. The summed E-state index contributed by atoms with van der Waals surface area (Å²) in [4.78, 5) is 12.0. The third-order valence-corrected chi connectivity index (χ3v) is 2.83. The van der Waals surface area contributed by atoms with Gasteiger partial charge in [-0.15, -0.1) is 0 Å². The molecule has 0 aliphatic carbocycles. The molecule has 2 rings (SSSR count). The van der Waals surface area contributed by atoms with Gasteiger partial charge >= 0.3 is 0 Å². The molecule has 2 aromatic carbocycles. The molecule has 1 amide bonds. The molecule has 0 spiro atoms. The summed E-state index contributed by atoms with van der Waals surface area (Å²) in [5.41, 5.74) is 1.47. The Morgan fingerprint density at radius 2 is 1.82 bits per heavy atom. The summed E-state index contributed by atoms with van der Waals surface area (Å²) in [5, 5.41) is 12.0. The van der Waals surface area contributed by atoms with Gasteiger partial charge in [0.15, 0.2) is 0 Å². The fraction of sp³-hybridized carbons (Fsp3) is 0.167. The molecule has 2 N–H and O–H groups in total. The van der Waals surface area contributed by atoms with Crippen molar-refractivity contribution >= 4 is 17.7 Å². The zero-order valence-electron chi connectivity index (χ0n) is 12.6. The maximum atomic E-state index is 12.0. The second-order valence-corrected chi connectivity index (χ2v) is 5.08. The molecule has 0 unspecified atom stereocenters. The highest BCUT2D eigenvalue weighted by Crippen LogP contribution is 2.24. The number of para-hydroxylation sites is 2. The van der Waals surface area contributed by atoms with Crippen molar-refractivity contribution in [2.45, 2.75) is 20.0 Å². The Bertz CT molecular complexity index is 660. The van der Waals surface area contributed by atoms with E-state index in [0.717, 1.165) is 5.56 Å². The molecule has 0 aromatic heterocycles. The fourth-order valence-corrected chi connectivity index (χ4v) is 1.86. The summed E-state index contributed by atoms with van der Waals surface area (Å²) >= 11 is 0. The summed E-state index contributed by atoms with van der Waals surface area (Å²) in [7, 11) is 0. The number of phenolic OH excluding ortho intramolecular Hbond substituents is 1.